The van der Waals surface area contributed by atoms with E-state index in [0.29, 0.717) is 41.8 Å². The van der Waals surface area contributed by atoms with Crippen LogP contribution >= 0.6 is 0 Å². The fourth-order valence-corrected chi connectivity index (χ4v) is 6.72. The number of aryl methyl sites for hydroxylation is 2. The first-order chi connectivity index (χ1) is 28.0. The van der Waals surface area contributed by atoms with Crippen molar-refractivity contribution in [1.82, 2.24) is 14.4 Å². The second-order valence-corrected chi connectivity index (χ2v) is 14.0. The number of alkyl halides is 3. The van der Waals surface area contributed by atoms with Gasteiger partial charge in [0.2, 0.25) is 5.91 Å². The smallest absolute Gasteiger partial charge is 0.416 e. The topological polar surface area (TPSA) is 161 Å². The highest BCUT2D eigenvalue weighted by molar-refractivity contribution is 5.83. The van der Waals surface area contributed by atoms with E-state index in [1.54, 1.807) is 33.7 Å². The first-order valence-electron chi connectivity index (χ1n) is 18.7. The van der Waals surface area contributed by atoms with E-state index in [9.17, 15) is 41.1 Å². The number of pyridine rings is 1. The Kier molecular flexibility index (Phi) is 14.7. The van der Waals surface area contributed by atoms with Crippen LogP contribution in [0.5, 0.6) is 0 Å². The maximum atomic E-state index is 14.5. The molecule has 1 amide bonds. The van der Waals surface area contributed by atoms with Gasteiger partial charge in [0.1, 0.15) is 6.54 Å². The zero-order valence-electron chi connectivity index (χ0n) is 31.6. The third-order valence-electron chi connectivity index (χ3n) is 10.00. The molecule has 1 aliphatic heterocycles. The Bertz CT molecular complexity index is 2290. The number of carbonyl (C=O) groups is 3. The number of aliphatic carboxylic acids is 2. The summed E-state index contributed by atoms with van der Waals surface area (Å²) in [5.41, 5.74) is 2.65. The lowest BCUT2D eigenvalue weighted by atomic mass is 10.0. The third kappa shape index (κ3) is 11.6. The molecule has 16 heteroatoms. The molecule has 59 heavy (non-hydrogen) atoms. The zero-order chi connectivity index (χ0) is 42.9. The Morgan fingerprint density at radius 1 is 0.763 bits per heavy atom. The maximum Gasteiger partial charge on any atom is 0.416 e. The van der Waals surface area contributed by atoms with Gasteiger partial charge in [0.05, 0.1) is 11.1 Å². The quantitative estimate of drug-likeness (QED) is 0.102. The summed E-state index contributed by atoms with van der Waals surface area (Å²) in [6, 6.07) is 24.9. The van der Waals surface area contributed by atoms with E-state index in [1.165, 1.54) is 30.3 Å². The number of carboxylic acids is 2. The lowest BCUT2D eigenvalue weighted by molar-refractivity contribution is -0.165. The summed E-state index contributed by atoms with van der Waals surface area (Å²) in [4.78, 5) is 50.9. The summed E-state index contributed by atoms with van der Waals surface area (Å²) in [6.45, 7) is 3.35. The van der Waals surface area contributed by atoms with Gasteiger partial charge in [-0.1, -0.05) is 60.7 Å². The number of hydrogen-bond acceptors (Lipinski definition) is 7. The average molecular weight is 824 g/mol. The highest BCUT2D eigenvalue weighted by Crippen LogP contribution is 2.31. The van der Waals surface area contributed by atoms with Crippen LogP contribution in [0.1, 0.15) is 35.2 Å². The molecule has 0 aliphatic carbocycles. The fraction of sp³-hybridized carbons (Fsp3) is 0.302. The minimum atomic E-state index is -4.41. The summed E-state index contributed by atoms with van der Waals surface area (Å²) >= 11 is 0. The first kappa shape index (κ1) is 44.1. The number of benzene rings is 4. The predicted molar refractivity (Wildman–Crippen MR) is 207 cm³/mol. The van der Waals surface area contributed by atoms with E-state index in [2.05, 4.69) is 4.90 Å². The molecule has 1 saturated heterocycles. The van der Waals surface area contributed by atoms with Gasteiger partial charge in [0, 0.05) is 36.8 Å². The molecule has 0 bridgehead atoms. The molecule has 1 aliphatic rings. The van der Waals surface area contributed by atoms with E-state index < -0.39 is 47.5 Å². The van der Waals surface area contributed by atoms with Crippen LogP contribution in [0.15, 0.2) is 102 Å². The molecule has 0 spiro atoms. The predicted octanol–water partition coefficient (Wildman–Crippen LogP) is 5.75. The molecule has 2 atom stereocenters. The molecule has 4 N–H and O–H groups in total. The number of likely N-dealkylation sites (tertiary alicyclic amines) is 1. The molecule has 5 aromatic rings. The van der Waals surface area contributed by atoms with E-state index in [0.717, 1.165) is 55.3 Å². The largest absolute Gasteiger partial charge is 0.479 e. The molecule has 1 fully saturated rings. The lowest BCUT2D eigenvalue weighted by Crippen LogP contribution is -2.39. The van der Waals surface area contributed by atoms with Crippen molar-refractivity contribution >= 4 is 28.7 Å². The molecule has 312 valence electrons. The summed E-state index contributed by atoms with van der Waals surface area (Å²) in [7, 11) is 0. The van der Waals surface area contributed by atoms with Crippen LogP contribution in [0, 0.1) is 11.6 Å². The third-order valence-corrected chi connectivity index (χ3v) is 10.00. The number of aliphatic hydroxyl groups excluding tert-OH is 2. The summed E-state index contributed by atoms with van der Waals surface area (Å²) in [5, 5.41) is 33.0. The first-order valence-corrected chi connectivity index (χ1v) is 18.7. The molecule has 0 saturated carbocycles. The van der Waals surface area contributed by atoms with Crippen LogP contribution < -0.4 is 5.43 Å². The summed E-state index contributed by atoms with van der Waals surface area (Å²) in [6.07, 6.45) is -6.37. The molecular formula is C43H42F5N3O8. The second kappa shape index (κ2) is 19.7. The number of amides is 1. The summed E-state index contributed by atoms with van der Waals surface area (Å²) in [5.74, 6) is -5.57. The van der Waals surface area contributed by atoms with Crippen molar-refractivity contribution in [2.24, 2.45) is 0 Å². The standard InChI is InChI=1S/C39H36F5N3O2.C4H6O6/c40-34-8-5-6-30(38(34)41)16-19-32-24-36(48)33-7-1-2-9-35(33)47(32)26-37(49)46(23-22-45-20-3-4-21-45)25-27-10-12-28(13-11-27)29-14-17-31(18-15-29)39(42,43)44;5-1(3(7)8)2(6)4(9)10/h1-2,5-15,17-18,24H,3-4,16,19-23,25-26H2;1-2,5-6H,(H,7,8)(H,9,10). The number of hydrogen-bond donors (Lipinski definition) is 4. The van der Waals surface area contributed by atoms with E-state index >= 15 is 0 Å². The van der Waals surface area contributed by atoms with Gasteiger partial charge in [-0.15, -0.1) is 0 Å². The SMILES string of the molecule is O=C(Cn1c(CCc2cccc(F)c2F)cc(=O)c2ccccc21)N(CCN1CCCC1)Cc1ccc(-c2ccc(C(F)(F)F)cc2)cc1.O=C(O)C(O)C(O)C(=O)O. The van der Waals surface area contributed by atoms with Crippen LogP contribution in [-0.2, 0) is 46.5 Å². The molecule has 11 nitrogen and oxygen atoms in total. The maximum absolute atomic E-state index is 14.5. The highest BCUT2D eigenvalue weighted by atomic mass is 19.4. The van der Waals surface area contributed by atoms with Crippen molar-refractivity contribution in [3.8, 4) is 11.1 Å². The van der Waals surface area contributed by atoms with Gasteiger partial charge in [0.15, 0.2) is 29.3 Å². The number of aliphatic hydroxyl groups is 2. The molecule has 6 rings (SSSR count). The number of carboxylic acid groups (broad SMARTS) is 2. The van der Waals surface area contributed by atoms with Crippen molar-refractivity contribution in [2.75, 3.05) is 26.2 Å². The minimum absolute atomic E-state index is 0.0641. The number of rotatable bonds is 14. The molecule has 2 unspecified atom stereocenters. The normalized spacial score (nSPS) is 14.0. The number of carbonyl (C=O) groups excluding carboxylic acids is 1. The highest BCUT2D eigenvalue weighted by Gasteiger charge is 2.30. The molecular weight excluding hydrogens is 781 g/mol. The summed E-state index contributed by atoms with van der Waals surface area (Å²) < 4.78 is 69.3. The Morgan fingerprint density at radius 3 is 1.95 bits per heavy atom. The van der Waals surface area contributed by atoms with Crippen molar-refractivity contribution in [3.05, 3.63) is 141 Å². The fourth-order valence-electron chi connectivity index (χ4n) is 6.72. The van der Waals surface area contributed by atoms with Gasteiger partial charge in [-0.05, 0) is 91.4 Å². The second-order valence-electron chi connectivity index (χ2n) is 14.0. The van der Waals surface area contributed by atoms with Gasteiger partial charge in [-0.3, -0.25) is 9.59 Å². The van der Waals surface area contributed by atoms with E-state index in [1.807, 2.05) is 24.3 Å². The number of halogens is 5. The molecule has 4 aromatic carbocycles. The van der Waals surface area contributed by atoms with Crippen molar-refractivity contribution < 1.29 is 56.8 Å². The van der Waals surface area contributed by atoms with Crippen LogP contribution in [-0.4, -0.2) is 91.0 Å². The van der Waals surface area contributed by atoms with Crippen LogP contribution in [0.4, 0.5) is 22.0 Å². The van der Waals surface area contributed by atoms with Crippen LogP contribution in [0.2, 0.25) is 0 Å². The Labute approximate surface area is 335 Å². The number of nitrogens with zero attached hydrogens (tertiary/aromatic N) is 3. The van der Waals surface area contributed by atoms with Crippen molar-refractivity contribution in [2.45, 2.75) is 57.2 Å². The average Bonchev–Trinajstić information content (AvgIpc) is 3.74. The van der Waals surface area contributed by atoms with E-state index in [-0.39, 0.29) is 36.3 Å². The molecule has 2 heterocycles. The van der Waals surface area contributed by atoms with E-state index in [4.69, 9.17) is 20.4 Å². The minimum Gasteiger partial charge on any atom is -0.479 e. The Morgan fingerprint density at radius 2 is 1.36 bits per heavy atom. The monoisotopic (exact) mass is 823 g/mol. The van der Waals surface area contributed by atoms with Gasteiger partial charge < -0.3 is 34.8 Å². The number of aromatic nitrogens is 1. The van der Waals surface area contributed by atoms with Crippen LogP contribution in [0.3, 0.4) is 0 Å². The van der Waals surface area contributed by atoms with Gasteiger partial charge in [-0.2, -0.15) is 13.2 Å². The Hall–Kier alpha value is -5.97. The Balaban J connectivity index is 0.000000586. The van der Waals surface area contributed by atoms with Crippen molar-refractivity contribution in [3.63, 3.8) is 0 Å². The number of fused-ring (bicyclic) bond motifs is 1. The zero-order valence-corrected chi connectivity index (χ0v) is 31.6. The van der Waals surface area contributed by atoms with Crippen molar-refractivity contribution in [1.29, 1.82) is 0 Å². The van der Waals surface area contributed by atoms with Gasteiger partial charge >= 0.3 is 18.1 Å². The molecule has 0 radical (unpaired) electrons. The lowest BCUT2D eigenvalue weighted by Gasteiger charge is -2.27. The van der Waals surface area contributed by atoms with Gasteiger partial charge in [0.25, 0.3) is 0 Å². The number of para-hydroxylation sites is 1. The molecule has 1 aromatic heterocycles. The van der Waals surface area contributed by atoms with Crippen LogP contribution in [0.25, 0.3) is 22.0 Å². The van der Waals surface area contributed by atoms with Gasteiger partial charge in [-0.25, -0.2) is 18.4 Å².